The van der Waals surface area contributed by atoms with Crippen molar-refractivity contribution in [2.45, 2.75) is 25.2 Å². The molecule has 2 N–H and O–H groups in total. The minimum atomic E-state index is -3.42. The Hall–Kier alpha value is -0.780. The molecule has 0 bridgehead atoms. The molecule has 0 fully saturated rings. The van der Waals surface area contributed by atoms with E-state index in [1.54, 1.807) is 0 Å². The fourth-order valence-corrected chi connectivity index (χ4v) is 2.93. The molecule has 6 heteroatoms. The molecule has 4 nitrogen and oxygen atoms in total. The molecule has 0 amide bonds. The van der Waals surface area contributed by atoms with Crippen molar-refractivity contribution < 1.29 is 13.2 Å². The second-order valence-electron chi connectivity index (χ2n) is 4.80. The summed E-state index contributed by atoms with van der Waals surface area (Å²) in [6, 6.07) is 4.39. The van der Waals surface area contributed by atoms with E-state index in [2.05, 4.69) is 13.8 Å². The SMILES string of the molecule is CC(C)CCOCCS(=O)(=O)c1ccc(Cl)cc1N. The Morgan fingerprint density at radius 2 is 2.00 bits per heavy atom. The highest BCUT2D eigenvalue weighted by Crippen LogP contribution is 2.23. The van der Waals surface area contributed by atoms with Gasteiger partial charge in [0.15, 0.2) is 9.84 Å². The number of nitrogens with two attached hydrogens (primary N) is 1. The number of sulfone groups is 1. The summed E-state index contributed by atoms with van der Waals surface area (Å²) in [6.45, 7) is 4.93. The molecule has 1 aromatic carbocycles. The molecule has 19 heavy (non-hydrogen) atoms. The zero-order valence-corrected chi connectivity index (χ0v) is 12.8. The third kappa shape index (κ3) is 5.38. The molecule has 1 rings (SSSR count). The van der Waals surface area contributed by atoms with Gasteiger partial charge in [-0.15, -0.1) is 0 Å². The molecule has 0 aromatic heterocycles. The van der Waals surface area contributed by atoms with Gasteiger partial charge in [0.1, 0.15) is 0 Å². The van der Waals surface area contributed by atoms with Crippen LogP contribution in [0.3, 0.4) is 0 Å². The highest BCUT2D eigenvalue weighted by atomic mass is 35.5. The summed E-state index contributed by atoms with van der Waals surface area (Å²) in [5, 5.41) is 0.421. The maximum atomic E-state index is 12.1. The lowest BCUT2D eigenvalue weighted by Crippen LogP contribution is -2.15. The molecule has 108 valence electrons. The van der Waals surface area contributed by atoms with Crippen LogP contribution in [0.4, 0.5) is 5.69 Å². The lowest BCUT2D eigenvalue weighted by Gasteiger charge is -2.09. The van der Waals surface area contributed by atoms with Crippen LogP contribution in [0.15, 0.2) is 23.1 Å². The van der Waals surface area contributed by atoms with Crippen molar-refractivity contribution >= 4 is 27.1 Å². The first-order chi connectivity index (χ1) is 8.83. The Bertz CT molecular complexity index is 515. The van der Waals surface area contributed by atoms with E-state index in [0.717, 1.165) is 6.42 Å². The highest BCUT2D eigenvalue weighted by molar-refractivity contribution is 7.91. The Morgan fingerprint density at radius 1 is 1.32 bits per heavy atom. The Morgan fingerprint density at radius 3 is 2.58 bits per heavy atom. The van der Waals surface area contributed by atoms with Gasteiger partial charge in [0.25, 0.3) is 0 Å². The maximum absolute atomic E-state index is 12.1. The zero-order valence-electron chi connectivity index (χ0n) is 11.2. The van der Waals surface area contributed by atoms with Gasteiger partial charge in [-0.05, 0) is 30.5 Å². The second kappa shape index (κ2) is 7.12. The normalized spacial score (nSPS) is 12.0. The van der Waals surface area contributed by atoms with Crippen molar-refractivity contribution in [3.8, 4) is 0 Å². The first-order valence-corrected chi connectivity index (χ1v) is 8.21. The largest absolute Gasteiger partial charge is 0.398 e. The summed E-state index contributed by atoms with van der Waals surface area (Å²) in [6.07, 6.45) is 0.920. The molecule has 1 aromatic rings. The van der Waals surface area contributed by atoms with E-state index in [9.17, 15) is 8.42 Å². The summed E-state index contributed by atoms with van der Waals surface area (Å²) in [4.78, 5) is 0.115. The van der Waals surface area contributed by atoms with E-state index >= 15 is 0 Å². The predicted molar refractivity (Wildman–Crippen MR) is 78.2 cm³/mol. The first kappa shape index (κ1) is 16.3. The smallest absolute Gasteiger partial charge is 0.182 e. The molecule has 0 aliphatic rings. The molecule has 0 saturated heterocycles. The molecule has 0 unspecified atom stereocenters. The lowest BCUT2D eigenvalue weighted by molar-refractivity contribution is 0.137. The van der Waals surface area contributed by atoms with Crippen molar-refractivity contribution in [3.63, 3.8) is 0 Å². The van der Waals surface area contributed by atoms with Gasteiger partial charge in [-0.1, -0.05) is 25.4 Å². The second-order valence-corrected chi connectivity index (χ2v) is 7.31. The van der Waals surface area contributed by atoms with Gasteiger partial charge in [0, 0.05) is 11.6 Å². The number of hydrogen-bond acceptors (Lipinski definition) is 4. The Kier molecular flexibility index (Phi) is 6.10. The maximum Gasteiger partial charge on any atom is 0.182 e. The summed E-state index contributed by atoms with van der Waals surface area (Å²) in [7, 11) is -3.42. The predicted octanol–water partition coefficient (Wildman–Crippen LogP) is 2.76. The van der Waals surface area contributed by atoms with Gasteiger partial charge in [-0.3, -0.25) is 0 Å². The highest BCUT2D eigenvalue weighted by Gasteiger charge is 2.17. The van der Waals surface area contributed by atoms with Crippen molar-refractivity contribution in [2.24, 2.45) is 5.92 Å². The van der Waals surface area contributed by atoms with Crippen LogP contribution in [0.25, 0.3) is 0 Å². The minimum absolute atomic E-state index is 0.0725. The summed E-state index contributed by atoms with van der Waals surface area (Å²) < 4.78 is 29.4. The van der Waals surface area contributed by atoms with E-state index in [-0.39, 0.29) is 22.9 Å². The van der Waals surface area contributed by atoms with Crippen molar-refractivity contribution in [1.82, 2.24) is 0 Å². The van der Waals surface area contributed by atoms with Crippen LogP contribution in [-0.4, -0.2) is 27.4 Å². The van der Waals surface area contributed by atoms with Crippen LogP contribution in [0.2, 0.25) is 5.02 Å². The topological polar surface area (TPSA) is 69.4 Å². The average Bonchev–Trinajstić information content (AvgIpc) is 2.27. The van der Waals surface area contributed by atoms with E-state index in [4.69, 9.17) is 22.1 Å². The molecule has 0 spiro atoms. The van der Waals surface area contributed by atoms with E-state index in [1.165, 1.54) is 18.2 Å². The number of nitrogen functional groups attached to an aromatic ring is 1. The van der Waals surface area contributed by atoms with Crippen molar-refractivity contribution in [1.29, 1.82) is 0 Å². The Labute approximate surface area is 119 Å². The number of anilines is 1. The van der Waals surface area contributed by atoms with E-state index in [0.29, 0.717) is 17.5 Å². The third-order valence-electron chi connectivity index (χ3n) is 2.64. The summed E-state index contributed by atoms with van der Waals surface area (Å²) in [5.41, 5.74) is 5.85. The van der Waals surface area contributed by atoms with Gasteiger partial charge in [0.05, 0.1) is 22.9 Å². The van der Waals surface area contributed by atoms with Crippen LogP contribution in [0.5, 0.6) is 0 Å². The molecule has 0 saturated carbocycles. The fraction of sp³-hybridized carbons (Fsp3) is 0.538. The van der Waals surface area contributed by atoms with Gasteiger partial charge < -0.3 is 10.5 Å². The molecule has 0 atom stereocenters. The van der Waals surface area contributed by atoms with Gasteiger partial charge in [-0.25, -0.2) is 8.42 Å². The summed E-state index contributed by atoms with van der Waals surface area (Å²) >= 11 is 5.74. The zero-order chi connectivity index (χ0) is 14.5. The molecule has 0 aliphatic carbocycles. The van der Waals surface area contributed by atoms with Crippen LogP contribution in [-0.2, 0) is 14.6 Å². The standard InChI is InChI=1S/C13H20ClNO3S/c1-10(2)5-6-18-7-8-19(16,17)13-4-3-11(14)9-12(13)15/h3-4,9-10H,5-8,15H2,1-2H3. The quantitative estimate of drug-likeness (QED) is 0.621. The van der Waals surface area contributed by atoms with Gasteiger partial charge in [0.2, 0.25) is 0 Å². The molecule has 0 aliphatic heterocycles. The number of hydrogen-bond donors (Lipinski definition) is 1. The number of ether oxygens (including phenoxy) is 1. The van der Waals surface area contributed by atoms with Gasteiger partial charge in [-0.2, -0.15) is 0 Å². The molecule has 0 radical (unpaired) electrons. The number of halogens is 1. The monoisotopic (exact) mass is 305 g/mol. The van der Waals surface area contributed by atoms with Crippen LogP contribution in [0, 0.1) is 5.92 Å². The number of benzene rings is 1. The fourth-order valence-electron chi connectivity index (χ4n) is 1.50. The molecular formula is C13H20ClNO3S. The number of rotatable bonds is 7. The molecular weight excluding hydrogens is 286 g/mol. The average molecular weight is 306 g/mol. The Balaban J connectivity index is 2.56. The molecule has 0 heterocycles. The van der Waals surface area contributed by atoms with Crippen LogP contribution in [0.1, 0.15) is 20.3 Å². The van der Waals surface area contributed by atoms with Crippen molar-refractivity contribution in [3.05, 3.63) is 23.2 Å². The summed E-state index contributed by atoms with van der Waals surface area (Å²) in [5.74, 6) is 0.472. The van der Waals surface area contributed by atoms with Crippen LogP contribution >= 0.6 is 11.6 Å². The first-order valence-electron chi connectivity index (χ1n) is 6.18. The van der Waals surface area contributed by atoms with E-state index in [1.807, 2.05) is 0 Å². The van der Waals surface area contributed by atoms with Crippen LogP contribution < -0.4 is 5.73 Å². The van der Waals surface area contributed by atoms with Crippen molar-refractivity contribution in [2.75, 3.05) is 24.7 Å². The third-order valence-corrected chi connectivity index (χ3v) is 4.62. The lowest BCUT2D eigenvalue weighted by atomic mass is 10.1. The minimum Gasteiger partial charge on any atom is -0.398 e. The van der Waals surface area contributed by atoms with Gasteiger partial charge >= 0.3 is 0 Å². The van der Waals surface area contributed by atoms with E-state index < -0.39 is 9.84 Å².